The van der Waals surface area contributed by atoms with Crippen LogP contribution in [0.1, 0.15) is 47.2 Å². The van der Waals surface area contributed by atoms with Gasteiger partial charge in [-0.3, -0.25) is 0 Å². The molecule has 2 aliphatic rings. The van der Waals surface area contributed by atoms with Crippen molar-refractivity contribution in [2.24, 2.45) is 0 Å². The highest BCUT2D eigenvalue weighted by molar-refractivity contribution is 7.25. The fourth-order valence-corrected chi connectivity index (χ4v) is 17.0. The Bertz CT molecular complexity index is 5640. The second kappa shape index (κ2) is 24.0. The molecule has 0 saturated carbocycles. The van der Waals surface area contributed by atoms with Gasteiger partial charge >= 0.3 is 0 Å². The first-order valence-electron chi connectivity index (χ1n) is 33.9. The molecule has 0 amide bonds. The standard InChI is InChI=1S/C94H67N3S/c1-93(2)85-40-23-21-38-80(85)81-56-53-77(63-87(81)93)97(74-36-19-8-20-37-74)89-42-25-41-86-92(89)83-55-48-68(60-88(83)94(86,70-30-13-5-14-31-70)71-49-44-66(45-50-71)64-26-9-3-10-27-64)69-58-78(95(72-32-15-6-16-33-72)75-51-46-67(47-52-75)65-28-11-4-12-29-65)61-79(59-69)96(73-34-17-7-18-35-73)76-54-57-91-84(62-76)82-39-22-24-43-90(82)98-91/h3-63H,1-2H3. The zero-order valence-electron chi connectivity index (χ0n) is 54.5. The van der Waals surface area contributed by atoms with Crippen molar-refractivity contribution < 1.29 is 0 Å². The van der Waals surface area contributed by atoms with Crippen molar-refractivity contribution >= 4 is 82.7 Å². The first kappa shape index (κ1) is 58.5. The van der Waals surface area contributed by atoms with Crippen LogP contribution in [0, 0.1) is 0 Å². The van der Waals surface area contributed by atoms with E-state index in [0.717, 1.165) is 67.9 Å². The van der Waals surface area contributed by atoms with E-state index in [9.17, 15) is 0 Å². The molecule has 0 saturated heterocycles. The van der Waals surface area contributed by atoms with Gasteiger partial charge in [-0.15, -0.1) is 11.3 Å². The lowest BCUT2D eigenvalue weighted by molar-refractivity contribution is 0.660. The van der Waals surface area contributed by atoms with Crippen molar-refractivity contribution in [1.29, 1.82) is 0 Å². The molecule has 0 fully saturated rings. The quantitative estimate of drug-likeness (QED) is 0.107. The summed E-state index contributed by atoms with van der Waals surface area (Å²) in [7, 11) is 0. The molecule has 15 aromatic carbocycles. The summed E-state index contributed by atoms with van der Waals surface area (Å²) in [5.41, 5.74) is 28.0. The molecule has 1 unspecified atom stereocenters. The molecule has 1 heterocycles. The normalized spacial score (nSPS) is 13.9. The highest BCUT2D eigenvalue weighted by Crippen LogP contribution is 2.61. The molecule has 4 heteroatoms. The van der Waals surface area contributed by atoms with Gasteiger partial charge in [-0.2, -0.15) is 0 Å². The van der Waals surface area contributed by atoms with E-state index in [-0.39, 0.29) is 5.41 Å². The number of hydrogen-bond acceptors (Lipinski definition) is 4. The SMILES string of the molecule is CC1(C)c2ccccc2-c2ccc(N(c3ccccc3)c3cccc4c3-c3ccc(-c5cc(N(c6ccccc6)c6ccc(-c7ccccc7)cc6)cc(N(c6ccccc6)c6ccc7sc8ccccc8c7c6)c5)cc3C4(c3ccccc3)c3ccc(-c4ccccc4)cc3)cc21. The maximum Gasteiger partial charge on any atom is 0.0714 e. The number of rotatable bonds is 14. The lowest BCUT2D eigenvalue weighted by Crippen LogP contribution is -2.28. The van der Waals surface area contributed by atoms with Gasteiger partial charge in [-0.05, 0) is 199 Å². The summed E-state index contributed by atoms with van der Waals surface area (Å²) in [6.07, 6.45) is 0. The maximum absolute atomic E-state index is 2.54. The zero-order chi connectivity index (χ0) is 65.3. The molecule has 2 aliphatic carbocycles. The Kier molecular flexibility index (Phi) is 14.3. The van der Waals surface area contributed by atoms with Crippen LogP contribution in [0.2, 0.25) is 0 Å². The number of anilines is 9. The van der Waals surface area contributed by atoms with Gasteiger partial charge in [-0.25, -0.2) is 0 Å². The van der Waals surface area contributed by atoms with E-state index in [2.05, 4.69) is 399 Å². The van der Waals surface area contributed by atoms with E-state index in [1.54, 1.807) is 0 Å². The Hall–Kier alpha value is -12.1. The highest BCUT2D eigenvalue weighted by Gasteiger charge is 2.48. The Morgan fingerprint density at radius 2 is 0.684 bits per heavy atom. The van der Waals surface area contributed by atoms with Gasteiger partial charge in [0.15, 0.2) is 0 Å². The molecule has 98 heavy (non-hydrogen) atoms. The van der Waals surface area contributed by atoms with Crippen molar-refractivity contribution in [3.8, 4) is 55.6 Å². The van der Waals surface area contributed by atoms with Crippen molar-refractivity contribution in [1.82, 2.24) is 0 Å². The Morgan fingerprint density at radius 1 is 0.235 bits per heavy atom. The molecule has 18 rings (SSSR count). The van der Waals surface area contributed by atoms with Gasteiger partial charge in [-0.1, -0.05) is 269 Å². The molecule has 1 aromatic heterocycles. The number of nitrogens with zero attached hydrogens (tertiary/aromatic N) is 3. The van der Waals surface area contributed by atoms with Gasteiger partial charge in [0.05, 0.1) is 11.1 Å². The average molecular weight is 1270 g/mol. The van der Waals surface area contributed by atoms with Crippen LogP contribution in [0.5, 0.6) is 0 Å². The Balaban J connectivity index is 0.901. The minimum Gasteiger partial charge on any atom is -0.310 e. The fraction of sp³-hybridized carbons (Fsp3) is 0.0426. The summed E-state index contributed by atoms with van der Waals surface area (Å²) in [5, 5.41) is 2.51. The molecule has 0 bridgehead atoms. The topological polar surface area (TPSA) is 9.72 Å². The largest absolute Gasteiger partial charge is 0.310 e. The average Bonchev–Trinajstić information content (AvgIpc) is 1.52. The fourth-order valence-electron chi connectivity index (χ4n) is 15.9. The van der Waals surface area contributed by atoms with Crippen LogP contribution in [0.3, 0.4) is 0 Å². The molecule has 1 atom stereocenters. The summed E-state index contributed by atoms with van der Waals surface area (Å²) in [6.45, 7) is 4.76. The monoisotopic (exact) mass is 1270 g/mol. The van der Waals surface area contributed by atoms with Gasteiger partial charge in [0, 0.05) is 76.6 Å². The van der Waals surface area contributed by atoms with Crippen LogP contribution < -0.4 is 14.7 Å². The summed E-state index contributed by atoms with van der Waals surface area (Å²) < 4.78 is 2.54. The molecule has 3 nitrogen and oxygen atoms in total. The van der Waals surface area contributed by atoms with Crippen LogP contribution >= 0.6 is 11.3 Å². The number of benzene rings is 15. The van der Waals surface area contributed by atoms with Gasteiger partial charge in [0.2, 0.25) is 0 Å². The molecular weight excluding hydrogens is 1200 g/mol. The summed E-state index contributed by atoms with van der Waals surface area (Å²) in [4.78, 5) is 7.40. The predicted octanol–water partition coefficient (Wildman–Crippen LogP) is 26.1. The summed E-state index contributed by atoms with van der Waals surface area (Å²) in [6, 6.07) is 138. The lowest BCUT2D eigenvalue weighted by Gasteiger charge is -2.35. The lowest BCUT2D eigenvalue weighted by atomic mass is 9.67. The van der Waals surface area contributed by atoms with E-state index in [1.165, 1.54) is 92.5 Å². The van der Waals surface area contributed by atoms with Crippen molar-refractivity contribution in [2.45, 2.75) is 24.7 Å². The van der Waals surface area contributed by atoms with E-state index in [0.29, 0.717) is 0 Å². The first-order valence-corrected chi connectivity index (χ1v) is 34.7. The molecule has 16 aromatic rings. The molecule has 0 N–H and O–H groups in total. The van der Waals surface area contributed by atoms with Gasteiger partial charge < -0.3 is 14.7 Å². The third kappa shape index (κ3) is 9.78. The van der Waals surface area contributed by atoms with Crippen molar-refractivity contribution in [3.05, 3.63) is 403 Å². The second-order valence-electron chi connectivity index (χ2n) is 26.4. The van der Waals surface area contributed by atoms with Crippen LogP contribution in [-0.2, 0) is 10.8 Å². The van der Waals surface area contributed by atoms with Gasteiger partial charge in [0.25, 0.3) is 0 Å². The van der Waals surface area contributed by atoms with E-state index >= 15 is 0 Å². The second-order valence-corrected chi connectivity index (χ2v) is 27.4. The number of thiophene rings is 1. The Morgan fingerprint density at radius 3 is 1.34 bits per heavy atom. The molecule has 0 spiro atoms. The predicted molar refractivity (Wildman–Crippen MR) is 415 cm³/mol. The zero-order valence-corrected chi connectivity index (χ0v) is 55.3. The number of hydrogen-bond donors (Lipinski definition) is 0. The minimum atomic E-state index is -0.789. The highest BCUT2D eigenvalue weighted by atomic mass is 32.1. The minimum absolute atomic E-state index is 0.201. The van der Waals surface area contributed by atoms with E-state index < -0.39 is 5.41 Å². The third-order valence-corrected chi connectivity index (χ3v) is 21.6. The molecule has 464 valence electrons. The first-order chi connectivity index (χ1) is 48.3. The van der Waals surface area contributed by atoms with E-state index in [1.807, 2.05) is 11.3 Å². The summed E-state index contributed by atoms with van der Waals surface area (Å²) in [5.74, 6) is 0. The summed E-state index contributed by atoms with van der Waals surface area (Å²) >= 11 is 1.85. The molecular formula is C94H67N3S. The van der Waals surface area contributed by atoms with Crippen LogP contribution in [0.15, 0.2) is 370 Å². The smallest absolute Gasteiger partial charge is 0.0714 e. The third-order valence-electron chi connectivity index (χ3n) is 20.5. The van der Waals surface area contributed by atoms with Crippen molar-refractivity contribution in [2.75, 3.05) is 14.7 Å². The number of para-hydroxylation sites is 3. The number of fused-ring (bicyclic) bond motifs is 9. The van der Waals surface area contributed by atoms with Gasteiger partial charge in [0.1, 0.15) is 0 Å². The van der Waals surface area contributed by atoms with Crippen molar-refractivity contribution in [3.63, 3.8) is 0 Å². The molecule has 0 aliphatic heterocycles. The maximum atomic E-state index is 2.54. The van der Waals surface area contributed by atoms with Crippen LogP contribution in [-0.4, -0.2) is 0 Å². The van der Waals surface area contributed by atoms with E-state index in [4.69, 9.17) is 0 Å². The molecule has 0 radical (unpaired) electrons. The Labute approximate surface area is 577 Å². The van der Waals surface area contributed by atoms with Crippen LogP contribution in [0.4, 0.5) is 51.2 Å². The van der Waals surface area contributed by atoms with Crippen LogP contribution in [0.25, 0.3) is 75.8 Å².